The maximum Gasteiger partial charge on any atom is 0.227 e. The number of carbonyl (C=O) groups excluding carboxylic acids is 1. The van der Waals surface area contributed by atoms with Crippen LogP contribution in [0.3, 0.4) is 0 Å². The summed E-state index contributed by atoms with van der Waals surface area (Å²) in [6.07, 6.45) is 2.65. The van der Waals surface area contributed by atoms with Gasteiger partial charge in [-0.05, 0) is 44.5 Å². The lowest BCUT2D eigenvalue weighted by atomic mass is 10.1. The molecule has 8 heteroatoms. The van der Waals surface area contributed by atoms with E-state index in [1.807, 2.05) is 27.7 Å². The van der Waals surface area contributed by atoms with Crippen molar-refractivity contribution in [2.24, 2.45) is 0 Å². The average Bonchev–Trinajstić information content (AvgIpc) is 3.03. The van der Waals surface area contributed by atoms with Crippen molar-refractivity contribution in [1.82, 2.24) is 10.1 Å². The molecule has 1 aromatic carbocycles. The average molecular weight is 394 g/mol. The number of benzene rings is 1. The fourth-order valence-electron chi connectivity index (χ4n) is 2.70. The van der Waals surface area contributed by atoms with E-state index >= 15 is 0 Å². The maximum absolute atomic E-state index is 12.7. The van der Waals surface area contributed by atoms with E-state index in [2.05, 4.69) is 10.1 Å². The van der Waals surface area contributed by atoms with Gasteiger partial charge in [0.2, 0.25) is 11.8 Å². The molecule has 0 unspecified atom stereocenters. The first-order valence-corrected chi connectivity index (χ1v) is 10.9. The zero-order valence-electron chi connectivity index (χ0n) is 16.5. The van der Waals surface area contributed by atoms with E-state index in [1.165, 1.54) is 12.1 Å². The van der Waals surface area contributed by atoms with Crippen molar-refractivity contribution in [1.29, 1.82) is 0 Å². The highest BCUT2D eigenvalue weighted by Crippen LogP contribution is 2.22. The lowest BCUT2D eigenvalue weighted by molar-refractivity contribution is -0.119. The van der Waals surface area contributed by atoms with Gasteiger partial charge < -0.3 is 9.42 Å². The van der Waals surface area contributed by atoms with E-state index < -0.39 is 9.84 Å². The molecule has 0 aliphatic heterocycles. The minimum Gasteiger partial charge on any atom is -0.339 e. The van der Waals surface area contributed by atoms with Crippen LogP contribution in [0.25, 0.3) is 0 Å². The van der Waals surface area contributed by atoms with Crippen LogP contribution in [-0.4, -0.2) is 36.8 Å². The third-order valence-corrected chi connectivity index (χ3v) is 5.24. The molecule has 0 aliphatic carbocycles. The van der Waals surface area contributed by atoms with Crippen LogP contribution in [0.1, 0.15) is 58.2 Å². The predicted octanol–water partition coefficient (Wildman–Crippen LogP) is 3.36. The first-order valence-electron chi connectivity index (χ1n) is 9.04. The number of anilines is 1. The van der Waals surface area contributed by atoms with Crippen LogP contribution < -0.4 is 4.90 Å². The molecule has 0 saturated heterocycles. The zero-order valence-corrected chi connectivity index (χ0v) is 17.3. The molecular weight excluding hydrogens is 366 g/mol. The highest BCUT2D eigenvalue weighted by molar-refractivity contribution is 7.90. The third-order valence-electron chi connectivity index (χ3n) is 4.11. The number of hydrogen-bond acceptors (Lipinski definition) is 6. The van der Waals surface area contributed by atoms with Crippen molar-refractivity contribution in [3.8, 4) is 0 Å². The largest absolute Gasteiger partial charge is 0.339 e. The Morgan fingerprint density at radius 3 is 2.26 bits per heavy atom. The minimum absolute atomic E-state index is 0.0271. The van der Waals surface area contributed by atoms with Crippen molar-refractivity contribution >= 4 is 21.4 Å². The monoisotopic (exact) mass is 393 g/mol. The molecule has 0 aliphatic rings. The van der Waals surface area contributed by atoms with Crippen molar-refractivity contribution in [2.45, 2.75) is 63.8 Å². The number of aromatic nitrogens is 2. The van der Waals surface area contributed by atoms with Crippen molar-refractivity contribution in [3.63, 3.8) is 0 Å². The topological polar surface area (TPSA) is 93.4 Å². The molecule has 0 saturated carbocycles. The molecule has 148 valence electrons. The Kier molecular flexibility index (Phi) is 6.75. The van der Waals surface area contributed by atoms with E-state index in [0.29, 0.717) is 36.7 Å². The standard InChI is InChI=1S/C19H27N3O4S/c1-13(2)19-20-17(26-21-19)7-6-8-18(23)22(14(3)4)15-9-11-16(12-10-15)27(5,24)25/h9-14H,6-8H2,1-5H3. The predicted molar refractivity (Wildman–Crippen MR) is 103 cm³/mol. The third kappa shape index (κ3) is 5.63. The van der Waals surface area contributed by atoms with Gasteiger partial charge in [0.25, 0.3) is 0 Å². The number of rotatable bonds is 8. The van der Waals surface area contributed by atoms with Crippen LogP contribution in [0.2, 0.25) is 0 Å². The molecule has 27 heavy (non-hydrogen) atoms. The van der Waals surface area contributed by atoms with Crippen LogP contribution in [0.4, 0.5) is 5.69 Å². The van der Waals surface area contributed by atoms with Crippen molar-refractivity contribution in [2.75, 3.05) is 11.2 Å². The van der Waals surface area contributed by atoms with E-state index in [9.17, 15) is 13.2 Å². The van der Waals surface area contributed by atoms with Crippen molar-refractivity contribution < 1.29 is 17.7 Å². The summed E-state index contributed by atoms with van der Waals surface area (Å²) in [5.41, 5.74) is 0.683. The number of nitrogens with zero attached hydrogens (tertiary/aromatic N) is 3. The Labute approximate surface area is 160 Å². The second-order valence-corrected chi connectivity index (χ2v) is 9.19. The SMILES string of the molecule is CC(C)c1noc(CCCC(=O)N(c2ccc(S(C)(=O)=O)cc2)C(C)C)n1. The fraction of sp³-hybridized carbons (Fsp3) is 0.526. The summed E-state index contributed by atoms with van der Waals surface area (Å²) >= 11 is 0. The van der Waals surface area contributed by atoms with E-state index in [0.717, 1.165) is 6.26 Å². The Morgan fingerprint density at radius 2 is 1.78 bits per heavy atom. The lowest BCUT2D eigenvalue weighted by Crippen LogP contribution is -2.36. The molecule has 0 N–H and O–H groups in total. The quantitative estimate of drug-likeness (QED) is 0.683. The number of carbonyl (C=O) groups is 1. The van der Waals surface area contributed by atoms with Crippen LogP contribution in [0.5, 0.6) is 0 Å². The highest BCUT2D eigenvalue weighted by Gasteiger charge is 2.20. The summed E-state index contributed by atoms with van der Waals surface area (Å²) in [5, 5.41) is 3.92. The summed E-state index contributed by atoms with van der Waals surface area (Å²) in [4.78, 5) is 18.9. The minimum atomic E-state index is -3.26. The summed E-state index contributed by atoms with van der Waals surface area (Å²) in [6.45, 7) is 7.84. The van der Waals surface area contributed by atoms with E-state index in [4.69, 9.17) is 4.52 Å². The smallest absolute Gasteiger partial charge is 0.227 e. The first-order chi connectivity index (χ1) is 12.6. The van der Waals surface area contributed by atoms with Gasteiger partial charge in [0.15, 0.2) is 15.7 Å². The molecule has 0 spiro atoms. The first kappa shape index (κ1) is 21.1. The Balaban J connectivity index is 2.02. The normalized spacial score (nSPS) is 12.0. The molecule has 0 radical (unpaired) electrons. The molecule has 7 nitrogen and oxygen atoms in total. The molecule has 2 rings (SSSR count). The molecular formula is C19H27N3O4S. The number of aryl methyl sites for hydroxylation is 1. The number of sulfone groups is 1. The molecule has 1 aromatic heterocycles. The van der Waals surface area contributed by atoms with E-state index in [-0.39, 0.29) is 22.8 Å². The highest BCUT2D eigenvalue weighted by atomic mass is 32.2. The summed E-state index contributed by atoms with van der Waals surface area (Å²) in [7, 11) is -3.26. The van der Waals surface area contributed by atoms with Gasteiger partial charge >= 0.3 is 0 Å². The second kappa shape index (κ2) is 8.65. The fourth-order valence-corrected chi connectivity index (χ4v) is 3.33. The van der Waals surface area contributed by atoms with Gasteiger partial charge in [-0.3, -0.25) is 4.79 Å². The molecule has 0 fully saturated rings. The van der Waals surface area contributed by atoms with Crippen LogP contribution in [0, 0.1) is 0 Å². The Hall–Kier alpha value is -2.22. The van der Waals surface area contributed by atoms with Gasteiger partial charge in [0, 0.05) is 36.7 Å². The van der Waals surface area contributed by atoms with Gasteiger partial charge in [-0.1, -0.05) is 19.0 Å². The number of hydrogen-bond donors (Lipinski definition) is 0. The van der Waals surface area contributed by atoms with Crippen LogP contribution >= 0.6 is 0 Å². The lowest BCUT2D eigenvalue weighted by Gasteiger charge is -2.27. The summed E-state index contributed by atoms with van der Waals surface area (Å²) in [5.74, 6) is 1.39. The van der Waals surface area contributed by atoms with Gasteiger partial charge in [-0.15, -0.1) is 0 Å². The molecule has 0 atom stereocenters. The Bertz CT molecular complexity index is 871. The molecule has 0 bridgehead atoms. The summed E-state index contributed by atoms with van der Waals surface area (Å²) < 4.78 is 28.4. The van der Waals surface area contributed by atoms with Gasteiger partial charge in [0.05, 0.1) is 4.90 Å². The zero-order chi connectivity index (χ0) is 20.2. The van der Waals surface area contributed by atoms with Gasteiger partial charge in [0.1, 0.15) is 0 Å². The van der Waals surface area contributed by atoms with Crippen molar-refractivity contribution in [3.05, 3.63) is 36.0 Å². The van der Waals surface area contributed by atoms with Gasteiger partial charge in [-0.25, -0.2) is 8.42 Å². The van der Waals surface area contributed by atoms with Crippen LogP contribution in [-0.2, 0) is 21.1 Å². The maximum atomic E-state index is 12.7. The molecule has 2 aromatic rings. The van der Waals surface area contributed by atoms with E-state index in [1.54, 1.807) is 17.0 Å². The second-order valence-electron chi connectivity index (χ2n) is 7.18. The molecule has 1 heterocycles. The molecule has 1 amide bonds. The Morgan fingerprint density at radius 1 is 1.15 bits per heavy atom. The van der Waals surface area contributed by atoms with Gasteiger partial charge in [-0.2, -0.15) is 4.98 Å². The van der Waals surface area contributed by atoms with Crippen LogP contribution in [0.15, 0.2) is 33.7 Å². The summed E-state index contributed by atoms with van der Waals surface area (Å²) in [6, 6.07) is 6.35. The number of amides is 1.